The Labute approximate surface area is 183 Å². The molecule has 0 aromatic heterocycles. The van der Waals surface area contributed by atoms with Crippen molar-refractivity contribution < 1.29 is 14.3 Å². The summed E-state index contributed by atoms with van der Waals surface area (Å²) in [6.07, 6.45) is 4.33. The average Bonchev–Trinajstić information content (AvgIpc) is 3.46. The number of amides is 3. The smallest absolute Gasteiger partial charge is 0.323 e. The van der Waals surface area contributed by atoms with Crippen molar-refractivity contribution in [3.05, 3.63) is 53.6 Å². The normalized spacial score (nSPS) is 18.1. The van der Waals surface area contributed by atoms with Gasteiger partial charge in [-0.05, 0) is 68.5 Å². The molecule has 2 saturated heterocycles. The minimum absolute atomic E-state index is 0.0839. The summed E-state index contributed by atoms with van der Waals surface area (Å²) in [5, 5.41) is 8.69. The van der Waals surface area contributed by atoms with E-state index >= 15 is 0 Å². The first-order valence-corrected chi connectivity index (χ1v) is 11.0. The van der Waals surface area contributed by atoms with Crippen LogP contribution in [0, 0.1) is 6.92 Å². The predicted molar refractivity (Wildman–Crippen MR) is 123 cm³/mol. The van der Waals surface area contributed by atoms with Crippen LogP contribution >= 0.6 is 0 Å². The molecule has 0 unspecified atom stereocenters. The van der Waals surface area contributed by atoms with E-state index in [-0.39, 0.29) is 18.0 Å². The van der Waals surface area contributed by atoms with Gasteiger partial charge in [0, 0.05) is 43.3 Å². The highest BCUT2D eigenvalue weighted by molar-refractivity contribution is 6.04. The molecule has 1 atom stereocenters. The summed E-state index contributed by atoms with van der Waals surface area (Å²) in [6.45, 7) is 5.11. The maximum Gasteiger partial charge on any atom is 0.323 e. The summed E-state index contributed by atoms with van der Waals surface area (Å²) in [5.41, 5.74) is 3.86. The van der Waals surface area contributed by atoms with Crippen molar-refractivity contribution >= 4 is 29.0 Å². The Bertz CT molecular complexity index is 934. The molecule has 7 heteroatoms. The molecule has 3 amide bonds. The van der Waals surface area contributed by atoms with Crippen LogP contribution in [0.3, 0.4) is 0 Å². The van der Waals surface area contributed by atoms with E-state index < -0.39 is 0 Å². The summed E-state index contributed by atoms with van der Waals surface area (Å²) in [6, 6.07) is 12.8. The number of nitrogens with zero attached hydrogens (tertiary/aromatic N) is 1. The van der Waals surface area contributed by atoms with Gasteiger partial charge < -0.3 is 25.6 Å². The Morgan fingerprint density at radius 1 is 1.03 bits per heavy atom. The van der Waals surface area contributed by atoms with Crippen molar-refractivity contribution in [2.75, 3.05) is 41.8 Å². The van der Waals surface area contributed by atoms with Crippen LogP contribution < -0.4 is 20.9 Å². The van der Waals surface area contributed by atoms with E-state index in [2.05, 4.69) is 20.9 Å². The summed E-state index contributed by atoms with van der Waals surface area (Å²) < 4.78 is 5.62. The average molecular weight is 423 g/mol. The SMILES string of the molecule is Cc1cccc(NC(=O)Nc2ccc(N3CCCC3)c(C(=O)NC[C@@H]3CCCO3)c2)c1. The van der Waals surface area contributed by atoms with Crippen LogP contribution in [-0.4, -0.2) is 44.3 Å². The number of hydrogen-bond acceptors (Lipinski definition) is 4. The van der Waals surface area contributed by atoms with Gasteiger partial charge in [0.25, 0.3) is 5.91 Å². The van der Waals surface area contributed by atoms with Crippen LogP contribution in [0.1, 0.15) is 41.6 Å². The Kier molecular flexibility index (Phi) is 6.72. The van der Waals surface area contributed by atoms with Gasteiger partial charge in [-0.1, -0.05) is 12.1 Å². The third kappa shape index (κ3) is 5.55. The third-order valence-electron chi connectivity index (χ3n) is 5.74. The second-order valence-electron chi connectivity index (χ2n) is 8.22. The number of nitrogens with one attached hydrogen (secondary N) is 3. The molecular weight excluding hydrogens is 392 g/mol. The molecule has 4 rings (SSSR count). The molecule has 31 heavy (non-hydrogen) atoms. The molecule has 2 aliphatic heterocycles. The molecule has 3 N–H and O–H groups in total. The summed E-state index contributed by atoms with van der Waals surface area (Å²) in [7, 11) is 0. The molecule has 2 aliphatic rings. The van der Waals surface area contributed by atoms with E-state index in [9.17, 15) is 9.59 Å². The van der Waals surface area contributed by atoms with Gasteiger partial charge in [-0.2, -0.15) is 0 Å². The van der Waals surface area contributed by atoms with Gasteiger partial charge in [-0.15, -0.1) is 0 Å². The summed E-state index contributed by atoms with van der Waals surface area (Å²) >= 11 is 0. The molecule has 0 spiro atoms. The first-order valence-electron chi connectivity index (χ1n) is 11.0. The number of carbonyl (C=O) groups excluding carboxylic acids is 2. The molecule has 2 fully saturated rings. The number of aryl methyl sites for hydroxylation is 1. The van der Waals surface area contributed by atoms with Crippen molar-refractivity contribution in [1.82, 2.24) is 5.32 Å². The van der Waals surface area contributed by atoms with E-state index in [1.807, 2.05) is 43.3 Å². The van der Waals surface area contributed by atoms with Crippen LogP contribution in [0.4, 0.5) is 21.9 Å². The number of rotatable bonds is 6. The predicted octanol–water partition coefficient (Wildman–Crippen LogP) is 4.15. The molecule has 2 aromatic carbocycles. The van der Waals surface area contributed by atoms with Crippen molar-refractivity contribution in [1.29, 1.82) is 0 Å². The Balaban J connectivity index is 1.48. The fraction of sp³-hybridized carbons (Fsp3) is 0.417. The van der Waals surface area contributed by atoms with Gasteiger partial charge in [0.2, 0.25) is 0 Å². The Morgan fingerprint density at radius 2 is 1.81 bits per heavy atom. The lowest BCUT2D eigenvalue weighted by atomic mass is 10.1. The first-order chi connectivity index (χ1) is 15.1. The zero-order valence-electron chi connectivity index (χ0n) is 17.9. The number of carbonyl (C=O) groups is 2. The zero-order chi connectivity index (χ0) is 21.6. The third-order valence-corrected chi connectivity index (χ3v) is 5.74. The zero-order valence-corrected chi connectivity index (χ0v) is 17.9. The topological polar surface area (TPSA) is 82.7 Å². The summed E-state index contributed by atoms with van der Waals surface area (Å²) in [4.78, 5) is 27.7. The number of urea groups is 1. The second kappa shape index (κ2) is 9.83. The standard InChI is InChI=1S/C24H30N4O3/c1-17-6-4-7-18(14-17)26-24(30)27-19-9-10-22(28-11-2-3-12-28)21(15-19)23(29)25-16-20-8-5-13-31-20/h4,6-7,9-10,14-15,20H,2-3,5,8,11-13,16H2,1H3,(H,25,29)(H2,26,27,30)/t20-/m0/s1. The molecule has 2 heterocycles. The van der Waals surface area contributed by atoms with Crippen LogP contribution in [0.15, 0.2) is 42.5 Å². The lowest BCUT2D eigenvalue weighted by Crippen LogP contribution is -2.33. The molecule has 0 saturated carbocycles. The van der Waals surface area contributed by atoms with Crippen LogP contribution in [0.25, 0.3) is 0 Å². The highest BCUT2D eigenvalue weighted by atomic mass is 16.5. The van der Waals surface area contributed by atoms with Gasteiger partial charge in [-0.25, -0.2) is 4.79 Å². The van der Waals surface area contributed by atoms with Crippen LogP contribution in [-0.2, 0) is 4.74 Å². The fourth-order valence-electron chi connectivity index (χ4n) is 4.15. The number of anilines is 3. The van der Waals surface area contributed by atoms with E-state index in [4.69, 9.17) is 4.74 Å². The van der Waals surface area contributed by atoms with Gasteiger partial charge in [0.15, 0.2) is 0 Å². The minimum atomic E-state index is -0.342. The Hall–Kier alpha value is -3.06. The largest absolute Gasteiger partial charge is 0.376 e. The quantitative estimate of drug-likeness (QED) is 0.653. The van der Waals surface area contributed by atoms with Crippen molar-refractivity contribution in [2.24, 2.45) is 0 Å². The maximum absolute atomic E-state index is 13.0. The van der Waals surface area contributed by atoms with Crippen LogP contribution in [0.5, 0.6) is 0 Å². The van der Waals surface area contributed by atoms with E-state index in [1.54, 1.807) is 6.07 Å². The maximum atomic E-state index is 13.0. The van der Waals surface area contributed by atoms with Crippen molar-refractivity contribution in [3.8, 4) is 0 Å². The molecule has 0 radical (unpaired) electrons. The number of benzene rings is 2. The highest BCUT2D eigenvalue weighted by Gasteiger charge is 2.22. The number of ether oxygens (including phenoxy) is 1. The van der Waals surface area contributed by atoms with Gasteiger partial charge in [0.05, 0.1) is 11.7 Å². The van der Waals surface area contributed by atoms with E-state index in [0.717, 1.165) is 62.3 Å². The van der Waals surface area contributed by atoms with Gasteiger partial charge in [0.1, 0.15) is 0 Å². The summed E-state index contributed by atoms with van der Waals surface area (Å²) in [5.74, 6) is -0.139. The van der Waals surface area contributed by atoms with Crippen LogP contribution in [0.2, 0.25) is 0 Å². The van der Waals surface area contributed by atoms with Crippen molar-refractivity contribution in [2.45, 2.75) is 38.7 Å². The van der Waals surface area contributed by atoms with Crippen molar-refractivity contribution in [3.63, 3.8) is 0 Å². The number of hydrogen-bond donors (Lipinski definition) is 3. The molecule has 0 bridgehead atoms. The molecule has 7 nitrogen and oxygen atoms in total. The molecule has 2 aromatic rings. The monoisotopic (exact) mass is 422 g/mol. The van der Waals surface area contributed by atoms with Gasteiger partial charge >= 0.3 is 6.03 Å². The molecular formula is C24H30N4O3. The second-order valence-corrected chi connectivity index (χ2v) is 8.22. The fourth-order valence-corrected chi connectivity index (χ4v) is 4.15. The molecule has 0 aliphatic carbocycles. The van der Waals surface area contributed by atoms with Gasteiger partial charge in [-0.3, -0.25) is 4.79 Å². The molecule has 164 valence electrons. The minimum Gasteiger partial charge on any atom is -0.376 e. The van der Waals surface area contributed by atoms with E-state index in [1.165, 1.54) is 0 Å². The van der Waals surface area contributed by atoms with E-state index in [0.29, 0.717) is 17.8 Å². The lowest BCUT2D eigenvalue weighted by Gasteiger charge is -2.22. The highest BCUT2D eigenvalue weighted by Crippen LogP contribution is 2.28. The Morgan fingerprint density at radius 3 is 2.52 bits per heavy atom. The lowest BCUT2D eigenvalue weighted by molar-refractivity contribution is 0.0858. The first kappa shape index (κ1) is 21.2.